The molecule has 2 aliphatic rings. The molecule has 0 amide bonds. The summed E-state index contributed by atoms with van der Waals surface area (Å²) in [6.07, 6.45) is -1.41. The van der Waals surface area contributed by atoms with Crippen molar-refractivity contribution in [1.29, 1.82) is 0 Å². The fraction of sp³-hybridized carbons (Fsp3) is 0.571. The second-order valence-corrected chi connectivity index (χ2v) is 5.65. The second-order valence-electron chi connectivity index (χ2n) is 5.65. The van der Waals surface area contributed by atoms with Crippen molar-refractivity contribution in [1.82, 2.24) is 4.90 Å². The fourth-order valence-corrected chi connectivity index (χ4v) is 2.80. The van der Waals surface area contributed by atoms with Crippen molar-refractivity contribution in [2.24, 2.45) is 11.1 Å². The summed E-state index contributed by atoms with van der Waals surface area (Å²) in [5, 5.41) is 2.79. The molecule has 3 nitrogen and oxygen atoms in total. The zero-order chi connectivity index (χ0) is 14.3. The summed E-state index contributed by atoms with van der Waals surface area (Å²) in [4.78, 5) is 13.0. The normalized spacial score (nSPS) is 19.8. The smallest absolute Gasteiger partial charge is 0.298 e. The molecule has 1 saturated carbocycles. The highest BCUT2D eigenvalue weighted by Crippen LogP contribution is 2.38. The highest BCUT2D eigenvalue weighted by molar-refractivity contribution is 5.54. The van der Waals surface area contributed by atoms with E-state index in [0.717, 1.165) is 19.2 Å². The second kappa shape index (κ2) is 4.84. The summed E-state index contributed by atoms with van der Waals surface area (Å²) in [6, 6.07) is 2.03. The predicted octanol–water partition coefficient (Wildman–Crippen LogP) is 3.87. The predicted molar refractivity (Wildman–Crippen MR) is 68.6 cm³/mol. The van der Waals surface area contributed by atoms with Crippen molar-refractivity contribution in [3.05, 3.63) is 33.7 Å². The van der Waals surface area contributed by atoms with Gasteiger partial charge in [0.1, 0.15) is 5.69 Å². The van der Waals surface area contributed by atoms with Gasteiger partial charge in [-0.2, -0.15) is 13.2 Å². The molecule has 1 fully saturated rings. The Morgan fingerprint density at radius 2 is 2.05 bits per heavy atom. The Bertz CT molecular complexity index is 538. The van der Waals surface area contributed by atoms with E-state index < -0.39 is 11.7 Å². The summed E-state index contributed by atoms with van der Waals surface area (Å²) in [6.45, 7) is 2.22. The van der Waals surface area contributed by atoms with Gasteiger partial charge in [-0.15, -0.1) is 4.91 Å². The highest BCUT2D eigenvalue weighted by atomic mass is 19.4. The first-order valence-electron chi connectivity index (χ1n) is 6.76. The Kier molecular flexibility index (Phi) is 3.28. The molecular weight excluding hydrogens is 269 g/mol. The van der Waals surface area contributed by atoms with Crippen LogP contribution < -0.4 is 0 Å². The Labute approximate surface area is 114 Å². The maximum absolute atomic E-state index is 12.8. The number of nitroso groups, excluding NO2 is 1. The molecule has 0 bridgehead atoms. The molecule has 0 spiro atoms. The van der Waals surface area contributed by atoms with E-state index in [-0.39, 0.29) is 5.69 Å². The number of benzene rings is 1. The molecule has 20 heavy (non-hydrogen) atoms. The van der Waals surface area contributed by atoms with Crippen molar-refractivity contribution >= 4 is 5.69 Å². The Balaban J connectivity index is 1.91. The SMILES string of the molecule is O=Nc1cc(C(F)(F)F)cc2c1CCN(CC1CC1)C2. The number of hydrogen-bond donors (Lipinski definition) is 0. The average Bonchev–Trinajstić information content (AvgIpc) is 3.20. The first-order chi connectivity index (χ1) is 9.47. The van der Waals surface area contributed by atoms with Gasteiger partial charge >= 0.3 is 6.18 Å². The largest absolute Gasteiger partial charge is 0.416 e. The van der Waals surface area contributed by atoms with E-state index in [4.69, 9.17) is 0 Å². The van der Waals surface area contributed by atoms with Gasteiger partial charge in [-0.3, -0.25) is 4.90 Å². The zero-order valence-electron chi connectivity index (χ0n) is 10.9. The number of nitrogens with zero attached hydrogens (tertiary/aromatic N) is 2. The quantitative estimate of drug-likeness (QED) is 0.789. The van der Waals surface area contributed by atoms with Crippen LogP contribution in [-0.4, -0.2) is 18.0 Å². The summed E-state index contributed by atoms with van der Waals surface area (Å²) in [5.74, 6) is 0.700. The van der Waals surface area contributed by atoms with E-state index in [1.165, 1.54) is 18.9 Å². The van der Waals surface area contributed by atoms with Gasteiger partial charge in [0.2, 0.25) is 0 Å². The molecule has 108 valence electrons. The van der Waals surface area contributed by atoms with E-state index in [9.17, 15) is 18.1 Å². The molecule has 1 aliphatic heterocycles. The lowest BCUT2D eigenvalue weighted by molar-refractivity contribution is -0.137. The van der Waals surface area contributed by atoms with Crippen molar-refractivity contribution in [2.45, 2.75) is 32.0 Å². The van der Waals surface area contributed by atoms with Gasteiger partial charge < -0.3 is 0 Å². The van der Waals surface area contributed by atoms with Gasteiger partial charge in [0.25, 0.3) is 0 Å². The van der Waals surface area contributed by atoms with Gasteiger partial charge in [0, 0.05) is 19.6 Å². The van der Waals surface area contributed by atoms with E-state index in [1.54, 1.807) is 0 Å². The van der Waals surface area contributed by atoms with Crippen LogP contribution in [0.15, 0.2) is 17.3 Å². The van der Waals surface area contributed by atoms with Crippen LogP contribution in [0, 0.1) is 10.8 Å². The molecule has 0 aromatic heterocycles. The molecule has 1 aromatic rings. The topological polar surface area (TPSA) is 32.7 Å². The minimum absolute atomic E-state index is 0.0547. The number of fused-ring (bicyclic) bond motifs is 1. The summed E-state index contributed by atoms with van der Waals surface area (Å²) in [5.41, 5.74) is 0.446. The molecule has 0 unspecified atom stereocenters. The van der Waals surface area contributed by atoms with Gasteiger partial charge in [0.15, 0.2) is 0 Å². The molecule has 6 heteroatoms. The van der Waals surface area contributed by atoms with E-state index in [1.807, 2.05) is 0 Å². The van der Waals surface area contributed by atoms with Crippen LogP contribution in [0.4, 0.5) is 18.9 Å². The lowest BCUT2D eigenvalue weighted by Gasteiger charge is -2.29. The van der Waals surface area contributed by atoms with E-state index in [2.05, 4.69) is 10.1 Å². The average molecular weight is 284 g/mol. The minimum Gasteiger partial charge on any atom is -0.298 e. The summed E-state index contributed by atoms with van der Waals surface area (Å²) in [7, 11) is 0. The van der Waals surface area contributed by atoms with Gasteiger partial charge in [-0.1, -0.05) is 0 Å². The van der Waals surface area contributed by atoms with E-state index >= 15 is 0 Å². The van der Waals surface area contributed by atoms with Crippen molar-refractivity contribution in [3.63, 3.8) is 0 Å². The lowest BCUT2D eigenvalue weighted by Crippen LogP contribution is -2.32. The van der Waals surface area contributed by atoms with Crippen LogP contribution in [0.1, 0.15) is 29.5 Å². The van der Waals surface area contributed by atoms with Gasteiger partial charge in [-0.05, 0) is 53.6 Å². The first-order valence-corrected chi connectivity index (χ1v) is 6.76. The highest BCUT2D eigenvalue weighted by Gasteiger charge is 2.34. The van der Waals surface area contributed by atoms with Crippen molar-refractivity contribution in [2.75, 3.05) is 13.1 Å². The molecule has 0 saturated heterocycles. The molecule has 1 aliphatic carbocycles. The number of halogens is 3. The summed E-state index contributed by atoms with van der Waals surface area (Å²) < 4.78 is 38.5. The molecule has 0 radical (unpaired) electrons. The summed E-state index contributed by atoms with van der Waals surface area (Å²) >= 11 is 0. The maximum atomic E-state index is 12.8. The Hall–Kier alpha value is -1.43. The van der Waals surface area contributed by atoms with Crippen LogP contribution in [0.5, 0.6) is 0 Å². The molecule has 0 atom stereocenters. The molecule has 1 heterocycles. The molecule has 0 N–H and O–H groups in total. The standard InChI is InChI=1S/C14H15F3N2O/c15-14(16,17)11-5-10-8-19(7-9-1-2-9)4-3-12(10)13(6-11)18-20/h5-6,9H,1-4,7-8H2. The fourth-order valence-electron chi connectivity index (χ4n) is 2.80. The first kappa shape index (κ1) is 13.5. The third-order valence-corrected chi connectivity index (χ3v) is 4.03. The van der Waals surface area contributed by atoms with Gasteiger partial charge in [0.05, 0.1) is 5.56 Å². The van der Waals surface area contributed by atoms with E-state index in [0.29, 0.717) is 30.0 Å². The minimum atomic E-state index is -4.44. The monoisotopic (exact) mass is 284 g/mol. The van der Waals surface area contributed by atoms with Crippen LogP contribution in [0.3, 0.4) is 0 Å². The Morgan fingerprint density at radius 1 is 1.30 bits per heavy atom. The number of alkyl halides is 3. The molecule has 1 aromatic carbocycles. The van der Waals surface area contributed by atoms with Gasteiger partial charge in [-0.25, -0.2) is 0 Å². The Morgan fingerprint density at radius 3 is 2.65 bits per heavy atom. The molecular formula is C14H15F3N2O. The lowest BCUT2D eigenvalue weighted by atomic mass is 9.95. The zero-order valence-corrected chi connectivity index (χ0v) is 10.9. The van der Waals surface area contributed by atoms with Crippen LogP contribution in [0.2, 0.25) is 0 Å². The number of hydrogen-bond acceptors (Lipinski definition) is 3. The van der Waals surface area contributed by atoms with Crippen LogP contribution >= 0.6 is 0 Å². The third kappa shape index (κ3) is 2.70. The van der Waals surface area contributed by atoms with Crippen LogP contribution in [-0.2, 0) is 19.1 Å². The van der Waals surface area contributed by atoms with Crippen molar-refractivity contribution < 1.29 is 13.2 Å². The maximum Gasteiger partial charge on any atom is 0.416 e. The molecule has 3 rings (SSSR count). The number of rotatable bonds is 3. The third-order valence-electron chi connectivity index (χ3n) is 4.03. The van der Waals surface area contributed by atoms with Crippen molar-refractivity contribution in [3.8, 4) is 0 Å². The van der Waals surface area contributed by atoms with Crippen LogP contribution in [0.25, 0.3) is 0 Å².